The highest BCUT2D eigenvalue weighted by molar-refractivity contribution is 5.94. The second kappa shape index (κ2) is 10.7. The van der Waals surface area contributed by atoms with Crippen molar-refractivity contribution in [2.45, 2.75) is 51.6 Å². The van der Waals surface area contributed by atoms with Gasteiger partial charge in [0.1, 0.15) is 11.9 Å². The number of halogens is 1. The third kappa shape index (κ3) is 4.76. The molecule has 12 heteroatoms. The molecule has 40 heavy (non-hydrogen) atoms. The van der Waals surface area contributed by atoms with Gasteiger partial charge in [0, 0.05) is 43.8 Å². The van der Waals surface area contributed by atoms with Crippen molar-refractivity contribution in [3.05, 3.63) is 41.1 Å². The SMILES string of the molecule is C[C@H]1CN(C)Cc2c(c(O)nn2CCO)/C=C\c2nn(C3CCCCO3)c3cc(F)c(cc23)-c2cnn(C)c2O1. The number of nitrogens with zero attached hydrogens (tertiary/aromatic N) is 7. The van der Waals surface area contributed by atoms with E-state index in [1.165, 1.54) is 6.07 Å². The van der Waals surface area contributed by atoms with Crippen LogP contribution in [0.25, 0.3) is 34.2 Å². The number of aryl methyl sites for hydroxylation is 1. The van der Waals surface area contributed by atoms with E-state index in [1.54, 1.807) is 39.4 Å². The fraction of sp³-hybridized carbons (Fsp3) is 0.464. The van der Waals surface area contributed by atoms with E-state index < -0.39 is 5.82 Å². The molecule has 0 saturated carbocycles. The highest BCUT2D eigenvalue weighted by Gasteiger charge is 2.26. The lowest BCUT2D eigenvalue weighted by Gasteiger charge is -2.24. The van der Waals surface area contributed by atoms with Gasteiger partial charge >= 0.3 is 0 Å². The fourth-order valence-electron chi connectivity index (χ4n) is 5.66. The summed E-state index contributed by atoms with van der Waals surface area (Å²) < 4.78 is 33.2. The molecule has 2 aliphatic heterocycles. The lowest BCUT2D eigenvalue weighted by Crippen LogP contribution is -2.32. The molecule has 2 N–H and O–H groups in total. The van der Waals surface area contributed by atoms with Gasteiger partial charge in [-0.25, -0.2) is 13.8 Å². The van der Waals surface area contributed by atoms with Crippen LogP contribution >= 0.6 is 0 Å². The predicted molar refractivity (Wildman–Crippen MR) is 147 cm³/mol. The summed E-state index contributed by atoms with van der Waals surface area (Å²) in [4.78, 5) is 2.05. The molecule has 0 spiro atoms. The summed E-state index contributed by atoms with van der Waals surface area (Å²) in [5.74, 6) is -0.0683. The smallest absolute Gasteiger partial charge is 0.238 e. The van der Waals surface area contributed by atoms with Crippen LogP contribution in [0.15, 0.2) is 18.3 Å². The second-order valence-electron chi connectivity index (χ2n) is 10.6. The molecule has 2 bridgehead atoms. The van der Waals surface area contributed by atoms with Crippen LogP contribution in [0.4, 0.5) is 4.39 Å². The molecule has 1 unspecified atom stereocenters. The van der Waals surface area contributed by atoms with Crippen LogP contribution in [0.2, 0.25) is 0 Å². The van der Waals surface area contributed by atoms with Gasteiger partial charge in [-0.05, 0) is 51.5 Å². The summed E-state index contributed by atoms with van der Waals surface area (Å²) in [5, 5.41) is 34.6. The van der Waals surface area contributed by atoms with E-state index in [2.05, 4.69) is 15.1 Å². The molecule has 0 amide bonds. The Morgan fingerprint density at radius 2 is 1.98 bits per heavy atom. The number of rotatable bonds is 3. The summed E-state index contributed by atoms with van der Waals surface area (Å²) in [5.41, 5.74) is 3.44. The molecule has 3 aromatic heterocycles. The summed E-state index contributed by atoms with van der Waals surface area (Å²) in [6.07, 6.45) is 7.43. The Balaban J connectivity index is 1.57. The lowest BCUT2D eigenvalue weighted by atomic mass is 10.0. The summed E-state index contributed by atoms with van der Waals surface area (Å²) in [6, 6.07) is 3.29. The van der Waals surface area contributed by atoms with Gasteiger partial charge in [0.15, 0.2) is 6.23 Å². The Bertz CT molecular complexity index is 1570. The average molecular weight is 552 g/mol. The number of hydrogen-bond donors (Lipinski definition) is 2. The van der Waals surface area contributed by atoms with Crippen LogP contribution in [0.3, 0.4) is 0 Å². The second-order valence-corrected chi connectivity index (χ2v) is 10.6. The van der Waals surface area contributed by atoms with Gasteiger partial charge in [0.25, 0.3) is 0 Å². The molecule has 1 fully saturated rings. The van der Waals surface area contributed by atoms with Crippen LogP contribution in [0.1, 0.15) is 49.4 Å². The fourth-order valence-corrected chi connectivity index (χ4v) is 5.66. The van der Waals surface area contributed by atoms with Gasteiger partial charge in [-0.1, -0.05) is 0 Å². The van der Waals surface area contributed by atoms with Gasteiger partial charge < -0.3 is 19.7 Å². The maximum absolute atomic E-state index is 15.8. The van der Waals surface area contributed by atoms with Crippen molar-refractivity contribution in [1.82, 2.24) is 34.2 Å². The van der Waals surface area contributed by atoms with E-state index in [4.69, 9.17) is 14.6 Å². The van der Waals surface area contributed by atoms with Crippen LogP contribution in [-0.4, -0.2) is 77.4 Å². The van der Waals surface area contributed by atoms with E-state index in [-0.39, 0.29) is 31.4 Å². The highest BCUT2D eigenvalue weighted by Crippen LogP contribution is 2.38. The first-order chi connectivity index (χ1) is 19.3. The molecule has 1 saturated heterocycles. The number of hydrogen-bond acceptors (Lipinski definition) is 8. The van der Waals surface area contributed by atoms with Gasteiger partial charge in [-0.15, -0.1) is 5.10 Å². The Morgan fingerprint density at radius 1 is 1.12 bits per heavy atom. The molecular weight excluding hydrogens is 517 g/mol. The number of aliphatic hydroxyl groups excluding tert-OH is 1. The van der Waals surface area contributed by atoms with Crippen molar-refractivity contribution in [2.75, 3.05) is 26.8 Å². The van der Waals surface area contributed by atoms with Crippen LogP contribution in [0, 0.1) is 5.82 Å². The largest absolute Gasteiger partial charge is 0.492 e. The first kappa shape index (κ1) is 26.5. The minimum absolute atomic E-state index is 0.117. The normalized spacial score (nSPS) is 21.0. The number of fused-ring (bicyclic) bond motifs is 4. The predicted octanol–water partition coefficient (Wildman–Crippen LogP) is 3.55. The molecule has 212 valence electrons. The Kier molecular flexibility index (Phi) is 7.07. The van der Waals surface area contributed by atoms with Crippen molar-refractivity contribution in [3.63, 3.8) is 0 Å². The van der Waals surface area contributed by atoms with Crippen molar-refractivity contribution >= 4 is 23.1 Å². The van der Waals surface area contributed by atoms with E-state index in [0.29, 0.717) is 53.5 Å². The summed E-state index contributed by atoms with van der Waals surface area (Å²) >= 11 is 0. The van der Waals surface area contributed by atoms with E-state index in [9.17, 15) is 10.2 Å². The first-order valence-corrected chi connectivity index (χ1v) is 13.6. The first-order valence-electron chi connectivity index (χ1n) is 13.6. The number of aromatic nitrogens is 6. The van der Waals surface area contributed by atoms with Crippen molar-refractivity contribution < 1.29 is 24.1 Å². The van der Waals surface area contributed by atoms with Gasteiger partial charge in [-0.2, -0.15) is 10.2 Å². The van der Waals surface area contributed by atoms with Crippen molar-refractivity contribution in [2.24, 2.45) is 7.05 Å². The molecule has 4 aromatic rings. The number of aromatic hydroxyl groups is 1. The van der Waals surface area contributed by atoms with Gasteiger partial charge in [0.2, 0.25) is 11.8 Å². The zero-order valence-corrected chi connectivity index (χ0v) is 22.9. The zero-order chi connectivity index (χ0) is 28.0. The van der Waals surface area contributed by atoms with Crippen LogP contribution < -0.4 is 4.74 Å². The van der Waals surface area contributed by atoms with E-state index in [1.807, 2.05) is 20.0 Å². The van der Waals surface area contributed by atoms with Crippen LogP contribution in [-0.2, 0) is 24.9 Å². The minimum Gasteiger partial charge on any atom is -0.492 e. The molecule has 0 radical (unpaired) electrons. The maximum atomic E-state index is 15.8. The minimum atomic E-state index is -0.405. The lowest BCUT2D eigenvalue weighted by molar-refractivity contribution is -0.0367. The molecule has 11 nitrogen and oxygen atoms in total. The Labute approximate surface area is 231 Å². The average Bonchev–Trinajstić information content (AvgIpc) is 3.55. The van der Waals surface area contributed by atoms with E-state index >= 15 is 4.39 Å². The number of likely N-dealkylation sites (N-methyl/N-ethyl adjacent to an activating group) is 1. The Hall–Kier alpha value is -3.74. The van der Waals surface area contributed by atoms with E-state index in [0.717, 1.165) is 30.3 Å². The number of aliphatic hydroxyl groups is 1. The standard InChI is InChI=1S/C28H34FN7O4/c1-17-15-33(2)16-25-18(27(38)32-35(25)9-10-37)7-8-23-20-12-19(21-14-30-34(3)28(21)40-17)22(29)13-24(20)36(31-23)26-6-4-5-11-39-26/h7-8,12-14,17,26,37H,4-6,9-11,15-16H2,1-3H3,(H,32,38)/b8-7-/t17-,26?/m0/s1. The third-order valence-corrected chi connectivity index (χ3v) is 7.53. The maximum Gasteiger partial charge on any atom is 0.238 e. The van der Waals surface area contributed by atoms with Gasteiger partial charge in [0.05, 0.1) is 47.4 Å². The Morgan fingerprint density at radius 3 is 2.75 bits per heavy atom. The van der Waals surface area contributed by atoms with Crippen molar-refractivity contribution in [1.29, 1.82) is 0 Å². The molecule has 2 atom stereocenters. The number of ether oxygens (including phenoxy) is 2. The topological polar surface area (TPSA) is 116 Å². The summed E-state index contributed by atoms with van der Waals surface area (Å²) in [6.45, 7) is 3.68. The molecule has 1 aromatic carbocycles. The molecule has 0 aliphatic carbocycles. The zero-order valence-electron chi connectivity index (χ0n) is 22.9. The van der Waals surface area contributed by atoms with Gasteiger partial charge in [-0.3, -0.25) is 9.58 Å². The highest BCUT2D eigenvalue weighted by atomic mass is 19.1. The molecule has 6 rings (SSSR count). The number of benzene rings is 1. The monoisotopic (exact) mass is 551 g/mol. The quantitative estimate of drug-likeness (QED) is 0.397. The molecule has 2 aliphatic rings. The van der Waals surface area contributed by atoms with Crippen LogP contribution in [0.5, 0.6) is 11.8 Å². The summed E-state index contributed by atoms with van der Waals surface area (Å²) in [7, 11) is 3.72. The third-order valence-electron chi connectivity index (χ3n) is 7.53. The van der Waals surface area contributed by atoms with Crippen molar-refractivity contribution in [3.8, 4) is 22.9 Å². The molecule has 5 heterocycles. The molecular formula is C28H34FN7O4.